The highest BCUT2D eigenvalue weighted by Crippen LogP contribution is 2.33. The van der Waals surface area contributed by atoms with Gasteiger partial charge in [0, 0.05) is 50.1 Å². The maximum Gasteiger partial charge on any atom is 0.262 e. The minimum absolute atomic E-state index is 0.0221. The molecule has 0 unspecified atom stereocenters. The maximum absolute atomic E-state index is 13.7. The Hall–Kier alpha value is -4.09. The molecule has 1 saturated carbocycles. The first-order chi connectivity index (χ1) is 20.6. The van der Waals surface area contributed by atoms with Gasteiger partial charge in [-0.05, 0) is 67.5 Å². The molecule has 0 spiro atoms. The van der Waals surface area contributed by atoms with Gasteiger partial charge in [-0.3, -0.25) is 14.2 Å². The molecule has 1 aromatic heterocycles. The van der Waals surface area contributed by atoms with Crippen LogP contribution in [0.5, 0.6) is 0 Å². The fraction of sp³-hybridized carbons (Fsp3) is 0.353. The van der Waals surface area contributed by atoms with Crippen molar-refractivity contribution in [2.75, 3.05) is 31.1 Å². The second kappa shape index (κ2) is 12.8. The van der Waals surface area contributed by atoms with Crippen LogP contribution in [-0.4, -0.2) is 46.5 Å². The summed E-state index contributed by atoms with van der Waals surface area (Å²) in [6.45, 7) is 3.85. The first-order valence-corrected chi connectivity index (χ1v) is 15.8. The number of para-hydroxylation sites is 2. The van der Waals surface area contributed by atoms with Crippen molar-refractivity contribution in [2.24, 2.45) is 11.8 Å². The van der Waals surface area contributed by atoms with Crippen LogP contribution in [0.15, 0.2) is 88.8 Å². The molecule has 2 heterocycles. The van der Waals surface area contributed by atoms with Gasteiger partial charge in [-0.1, -0.05) is 60.3 Å². The fourth-order valence-electron chi connectivity index (χ4n) is 6.25. The fourth-order valence-corrected chi connectivity index (χ4v) is 7.26. The van der Waals surface area contributed by atoms with Crippen molar-refractivity contribution in [3.8, 4) is 6.07 Å². The second-order valence-electron chi connectivity index (χ2n) is 11.3. The van der Waals surface area contributed by atoms with E-state index in [2.05, 4.69) is 40.1 Å². The van der Waals surface area contributed by atoms with Crippen molar-refractivity contribution in [1.82, 2.24) is 14.5 Å². The quantitative estimate of drug-likeness (QED) is 0.207. The molecule has 0 bridgehead atoms. The molecule has 1 aliphatic carbocycles. The summed E-state index contributed by atoms with van der Waals surface area (Å²) in [7, 11) is 0. The number of carbonyl (C=O) groups is 1. The van der Waals surface area contributed by atoms with Gasteiger partial charge >= 0.3 is 0 Å². The van der Waals surface area contributed by atoms with Crippen LogP contribution in [0.1, 0.15) is 36.8 Å². The van der Waals surface area contributed by atoms with Crippen molar-refractivity contribution >= 4 is 34.3 Å². The van der Waals surface area contributed by atoms with E-state index in [9.17, 15) is 14.9 Å². The summed E-state index contributed by atoms with van der Waals surface area (Å²) in [5.74, 6) is 1.23. The van der Waals surface area contributed by atoms with Crippen molar-refractivity contribution < 1.29 is 4.79 Å². The Kier molecular flexibility index (Phi) is 8.57. The molecular weight excluding hydrogens is 542 g/mol. The van der Waals surface area contributed by atoms with Crippen LogP contribution in [-0.2, 0) is 17.1 Å². The minimum Gasteiger partial charge on any atom is -0.368 e. The molecule has 0 radical (unpaired) electrons. The predicted molar refractivity (Wildman–Crippen MR) is 167 cm³/mol. The lowest BCUT2D eigenvalue weighted by Crippen LogP contribution is -2.50. The SMILES string of the molecule is N#Cc1ccccc1CSc1nc2ccccc2c(=O)n1CC1CCC(C(=O)N2CCN(c3ccccc3)CC2)CC1. The highest BCUT2D eigenvalue weighted by atomic mass is 32.2. The number of anilines is 1. The lowest BCUT2D eigenvalue weighted by atomic mass is 9.81. The van der Waals surface area contributed by atoms with Crippen molar-refractivity contribution in [3.05, 3.63) is 100 Å². The van der Waals surface area contributed by atoms with Gasteiger partial charge in [0.05, 0.1) is 22.5 Å². The zero-order chi connectivity index (χ0) is 28.9. The third-order valence-electron chi connectivity index (χ3n) is 8.67. The standard InChI is InChI=1S/C34H35N5O2S/c35-22-27-8-4-5-9-28(27)24-42-34-36-31-13-7-6-12-30(31)33(41)39(34)23-25-14-16-26(17-15-25)32(40)38-20-18-37(19-21-38)29-10-2-1-3-11-29/h1-13,25-26H,14-21,23-24H2. The van der Waals surface area contributed by atoms with Gasteiger partial charge in [0.25, 0.3) is 5.56 Å². The third-order valence-corrected chi connectivity index (χ3v) is 9.70. The molecule has 8 heteroatoms. The van der Waals surface area contributed by atoms with Gasteiger partial charge in [0.1, 0.15) is 0 Å². The molecule has 4 aromatic rings. The Morgan fingerprint density at radius 2 is 1.57 bits per heavy atom. The van der Waals surface area contributed by atoms with E-state index in [1.165, 1.54) is 17.4 Å². The molecule has 1 saturated heterocycles. The van der Waals surface area contributed by atoms with Crippen LogP contribution >= 0.6 is 11.8 Å². The summed E-state index contributed by atoms with van der Waals surface area (Å²) in [6, 6.07) is 27.7. The lowest BCUT2D eigenvalue weighted by molar-refractivity contribution is -0.137. The number of nitrogens with zero attached hydrogens (tertiary/aromatic N) is 5. The van der Waals surface area contributed by atoms with Gasteiger partial charge < -0.3 is 9.80 Å². The first kappa shape index (κ1) is 28.0. The smallest absolute Gasteiger partial charge is 0.262 e. The zero-order valence-corrected chi connectivity index (χ0v) is 24.5. The number of hydrogen-bond acceptors (Lipinski definition) is 6. The number of carbonyl (C=O) groups excluding carboxylic acids is 1. The van der Waals surface area contributed by atoms with E-state index in [1.807, 2.05) is 59.2 Å². The number of benzene rings is 3. The first-order valence-electron chi connectivity index (χ1n) is 14.8. The van der Waals surface area contributed by atoms with E-state index in [0.717, 1.165) is 57.4 Å². The highest BCUT2D eigenvalue weighted by molar-refractivity contribution is 7.98. The molecule has 3 aromatic carbocycles. The molecule has 6 rings (SSSR count). The maximum atomic E-state index is 13.7. The van der Waals surface area contributed by atoms with Crippen LogP contribution in [0.2, 0.25) is 0 Å². The van der Waals surface area contributed by atoms with E-state index in [4.69, 9.17) is 4.98 Å². The van der Waals surface area contributed by atoms with Crippen molar-refractivity contribution in [3.63, 3.8) is 0 Å². The van der Waals surface area contributed by atoms with Crippen LogP contribution in [0.3, 0.4) is 0 Å². The number of thioether (sulfide) groups is 1. The normalized spacial score (nSPS) is 19.0. The number of nitriles is 1. The monoisotopic (exact) mass is 577 g/mol. The van der Waals surface area contributed by atoms with Gasteiger partial charge in [0.15, 0.2) is 5.16 Å². The second-order valence-corrected chi connectivity index (χ2v) is 12.2. The third kappa shape index (κ3) is 6.07. The van der Waals surface area contributed by atoms with Crippen LogP contribution in [0, 0.1) is 23.2 Å². The molecule has 2 aliphatic rings. The largest absolute Gasteiger partial charge is 0.368 e. The van der Waals surface area contributed by atoms with E-state index >= 15 is 0 Å². The molecule has 0 atom stereocenters. The summed E-state index contributed by atoms with van der Waals surface area (Å²) in [4.78, 5) is 36.3. The van der Waals surface area contributed by atoms with Crippen LogP contribution < -0.4 is 10.5 Å². The number of aromatic nitrogens is 2. The molecule has 1 amide bonds. The summed E-state index contributed by atoms with van der Waals surface area (Å²) in [5, 5.41) is 10.8. The zero-order valence-electron chi connectivity index (χ0n) is 23.7. The van der Waals surface area contributed by atoms with Crippen molar-refractivity contribution in [2.45, 2.75) is 43.1 Å². The van der Waals surface area contributed by atoms with Crippen LogP contribution in [0.25, 0.3) is 10.9 Å². The number of rotatable bonds is 7. The predicted octanol–water partition coefficient (Wildman–Crippen LogP) is 5.72. The lowest BCUT2D eigenvalue weighted by Gasteiger charge is -2.39. The molecule has 7 nitrogen and oxygen atoms in total. The molecule has 1 aliphatic heterocycles. The topological polar surface area (TPSA) is 82.2 Å². The number of hydrogen-bond donors (Lipinski definition) is 0. The summed E-state index contributed by atoms with van der Waals surface area (Å²) < 4.78 is 1.83. The van der Waals surface area contributed by atoms with Gasteiger partial charge in [-0.15, -0.1) is 0 Å². The number of amides is 1. The van der Waals surface area contributed by atoms with Gasteiger partial charge in [0.2, 0.25) is 5.91 Å². The Labute approximate surface area is 250 Å². The Morgan fingerprint density at radius 1 is 0.881 bits per heavy atom. The Balaban J connectivity index is 1.11. The van der Waals surface area contributed by atoms with Crippen molar-refractivity contribution in [1.29, 1.82) is 5.26 Å². The number of fused-ring (bicyclic) bond motifs is 1. The van der Waals surface area contributed by atoms with E-state index in [-0.39, 0.29) is 17.4 Å². The summed E-state index contributed by atoms with van der Waals surface area (Å²) >= 11 is 1.51. The van der Waals surface area contributed by atoms with Gasteiger partial charge in [-0.25, -0.2) is 4.98 Å². The minimum atomic E-state index is -0.0221. The van der Waals surface area contributed by atoms with Gasteiger partial charge in [-0.2, -0.15) is 5.26 Å². The Bertz CT molecular complexity index is 1650. The summed E-state index contributed by atoms with van der Waals surface area (Å²) in [5.41, 5.74) is 3.46. The van der Waals surface area contributed by atoms with Crippen LogP contribution in [0.4, 0.5) is 5.69 Å². The average Bonchev–Trinajstić information content (AvgIpc) is 3.06. The average molecular weight is 578 g/mol. The molecule has 0 N–H and O–H groups in total. The molecule has 2 fully saturated rings. The molecule has 42 heavy (non-hydrogen) atoms. The van der Waals surface area contributed by atoms with E-state index in [1.54, 1.807) is 0 Å². The molecular formula is C34H35N5O2S. The number of piperazine rings is 1. The van der Waals surface area contributed by atoms with E-state index < -0.39 is 0 Å². The Morgan fingerprint density at radius 3 is 2.33 bits per heavy atom. The highest BCUT2D eigenvalue weighted by Gasteiger charge is 2.32. The van der Waals surface area contributed by atoms with E-state index in [0.29, 0.717) is 39.8 Å². The molecule has 214 valence electrons. The summed E-state index contributed by atoms with van der Waals surface area (Å²) in [6.07, 6.45) is 3.55.